The van der Waals surface area contributed by atoms with Gasteiger partial charge in [0.2, 0.25) is 0 Å². The minimum Gasteiger partial charge on any atom is -0.427 e. The first-order chi connectivity index (χ1) is 14.2. The first-order valence-corrected chi connectivity index (χ1v) is 12.1. The van der Waals surface area contributed by atoms with Gasteiger partial charge < -0.3 is 4.74 Å². The summed E-state index contributed by atoms with van der Waals surface area (Å²) in [4.78, 5) is 17.4. The van der Waals surface area contributed by atoms with E-state index < -0.39 is 0 Å². The van der Waals surface area contributed by atoms with Gasteiger partial charge in [-0.1, -0.05) is 12.2 Å². The number of aromatic nitrogens is 1. The number of ether oxygens (including phenoxy) is 1. The lowest BCUT2D eigenvalue weighted by Gasteiger charge is -2.51. The number of rotatable bonds is 2. The molecule has 3 fully saturated rings. The maximum absolute atomic E-state index is 12.6. The zero-order valence-electron chi connectivity index (χ0n) is 16.8. The van der Waals surface area contributed by atoms with Crippen LogP contribution in [-0.2, 0) is 4.74 Å². The second-order valence-electron chi connectivity index (χ2n) is 9.68. The lowest BCUT2D eigenvalue weighted by atomic mass is 9.54. The minimum absolute atomic E-state index is 0.240. The largest absolute Gasteiger partial charge is 0.427 e. The van der Waals surface area contributed by atoms with Crippen molar-refractivity contribution in [3.63, 3.8) is 0 Å². The van der Waals surface area contributed by atoms with Crippen LogP contribution in [0, 0.1) is 48.3 Å². The smallest absolute Gasteiger partial charge is 0.355 e. The quantitative estimate of drug-likeness (QED) is 0.572. The Hall–Kier alpha value is -1.50. The van der Waals surface area contributed by atoms with E-state index in [4.69, 9.17) is 4.74 Å². The normalized spacial score (nSPS) is 42.4. The van der Waals surface area contributed by atoms with Crippen molar-refractivity contribution in [3.05, 3.63) is 40.1 Å². The van der Waals surface area contributed by atoms with E-state index >= 15 is 0 Å². The summed E-state index contributed by atoms with van der Waals surface area (Å²) < 4.78 is 5.87. The summed E-state index contributed by atoms with van der Waals surface area (Å²) in [7, 11) is 0. The highest BCUT2D eigenvalue weighted by Crippen LogP contribution is 2.56. The zero-order chi connectivity index (χ0) is 19.5. The molecule has 2 heterocycles. The fraction of sp³-hybridized carbons (Fsp3) is 0.652. The number of hydrogen-bond donors (Lipinski definition) is 2. The Morgan fingerprint density at radius 1 is 1.17 bits per heavy atom. The Balaban J connectivity index is 1.19. The van der Waals surface area contributed by atoms with Gasteiger partial charge in [0, 0.05) is 18.5 Å². The third kappa shape index (κ3) is 2.94. The number of esters is 1. The summed E-state index contributed by atoms with van der Waals surface area (Å²) in [5, 5.41) is 0. The molecule has 6 rings (SSSR count). The molecule has 5 nitrogen and oxygen atoms in total. The molecule has 2 N–H and O–H groups in total. The van der Waals surface area contributed by atoms with E-state index in [-0.39, 0.29) is 11.9 Å². The summed E-state index contributed by atoms with van der Waals surface area (Å²) in [5.41, 5.74) is 9.38. The first kappa shape index (κ1) is 18.3. The monoisotopic (exact) mass is 411 g/mol. The third-order valence-corrected chi connectivity index (χ3v) is 9.34. The second-order valence-corrected chi connectivity index (χ2v) is 10.5. The van der Waals surface area contributed by atoms with Gasteiger partial charge in [-0.3, -0.25) is 10.9 Å². The SMILES string of the molecule is Cc1ncsc1C(=O)OC1=CCC2C1C=CC1C3CC4CNNC4CC3CCC12. The molecule has 0 amide bonds. The lowest BCUT2D eigenvalue weighted by Crippen LogP contribution is -2.47. The predicted octanol–water partition coefficient (Wildman–Crippen LogP) is 3.84. The number of carbonyl (C=O) groups excluding carboxylic acids is 1. The number of allylic oxidation sites excluding steroid dienone is 3. The molecule has 8 unspecified atom stereocenters. The zero-order valence-corrected chi connectivity index (χ0v) is 17.7. The number of aryl methyl sites for hydroxylation is 1. The molecule has 1 saturated heterocycles. The van der Waals surface area contributed by atoms with Crippen molar-refractivity contribution >= 4 is 17.3 Å². The highest BCUT2D eigenvalue weighted by molar-refractivity contribution is 7.11. The average molecular weight is 412 g/mol. The molecule has 29 heavy (non-hydrogen) atoms. The van der Waals surface area contributed by atoms with Crippen LogP contribution >= 0.6 is 11.3 Å². The van der Waals surface area contributed by atoms with Crippen molar-refractivity contribution in [2.24, 2.45) is 41.4 Å². The van der Waals surface area contributed by atoms with E-state index in [1.807, 2.05) is 6.92 Å². The summed E-state index contributed by atoms with van der Waals surface area (Å²) in [6.07, 6.45) is 13.5. The van der Waals surface area contributed by atoms with Crippen LogP contribution in [0.15, 0.2) is 29.5 Å². The van der Waals surface area contributed by atoms with Gasteiger partial charge >= 0.3 is 5.97 Å². The van der Waals surface area contributed by atoms with Gasteiger partial charge in [-0.2, -0.15) is 0 Å². The predicted molar refractivity (Wildman–Crippen MR) is 112 cm³/mol. The summed E-state index contributed by atoms with van der Waals surface area (Å²) in [5.74, 6) is 5.46. The van der Waals surface area contributed by atoms with Crippen molar-refractivity contribution in [3.8, 4) is 0 Å². The van der Waals surface area contributed by atoms with E-state index in [2.05, 4.69) is 34.1 Å². The van der Waals surface area contributed by atoms with Crippen LogP contribution in [0.1, 0.15) is 47.5 Å². The van der Waals surface area contributed by atoms with Crippen LogP contribution in [0.25, 0.3) is 0 Å². The van der Waals surface area contributed by atoms with Crippen molar-refractivity contribution in [2.45, 2.75) is 45.1 Å². The third-order valence-electron chi connectivity index (χ3n) is 8.43. The fourth-order valence-corrected chi connectivity index (χ4v) is 7.74. The van der Waals surface area contributed by atoms with Gasteiger partial charge in [0.25, 0.3) is 0 Å². The Labute approximate surface area is 176 Å². The average Bonchev–Trinajstić information content (AvgIpc) is 3.45. The highest BCUT2D eigenvalue weighted by Gasteiger charge is 2.51. The van der Waals surface area contributed by atoms with E-state index in [9.17, 15) is 4.79 Å². The van der Waals surface area contributed by atoms with Gasteiger partial charge in [-0.15, -0.1) is 11.3 Å². The summed E-state index contributed by atoms with van der Waals surface area (Å²) >= 11 is 1.37. The number of fused-ring (bicyclic) bond motifs is 6. The van der Waals surface area contributed by atoms with Crippen LogP contribution < -0.4 is 10.9 Å². The van der Waals surface area contributed by atoms with Crippen LogP contribution in [0.3, 0.4) is 0 Å². The molecule has 154 valence electrons. The Kier molecular flexibility index (Phi) is 4.43. The first-order valence-electron chi connectivity index (χ1n) is 11.2. The molecule has 5 aliphatic rings. The summed E-state index contributed by atoms with van der Waals surface area (Å²) in [6, 6.07) is 0.683. The van der Waals surface area contributed by atoms with Crippen molar-refractivity contribution in [1.82, 2.24) is 15.8 Å². The van der Waals surface area contributed by atoms with Gasteiger partial charge in [-0.05, 0) is 80.6 Å². The van der Waals surface area contributed by atoms with Gasteiger partial charge in [-0.25, -0.2) is 9.78 Å². The molecular formula is C23H29N3O2S. The van der Waals surface area contributed by atoms with Crippen molar-refractivity contribution in [1.29, 1.82) is 0 Å². The number of nitrogens with zero attached hydrogens (tertiary/aromatic N) is 1. The number of hydrazine groups is 1. The van der Waals surface area contributed by atoms with E-state index in [1.165, 1.54) is 37.0 Å². The molecule has 2 saturated carbocycles. The molecule has 0 bridgehead atoms. The molecule has 1 aromatic rings. The number of carbonyl (C=O) groups is 1. The molecule has 8 atom stereocenters. The topological polar surface area (TPSA) is 63.2 Å². The number of hydrogen-bond acceptors (Lipinski definition) is 6. The second kappa shape index (κ2) is 7.03. The van der Waals surface area contributed by atoms with Crippen LogP contribution in [0.4, 0.5) is 0 Å². The van der Waals surface area contributed by atoms with Crippen LogP contribution in [0.2, 0.25) is 0 Å². The van der Waals surface area contributed by atoms with Crippen LogP contribution in [0.5, 0.6) is 0 Å². The maximum atomic E-state index is 12.6. The molecule has 4 aliphatic carbocycles. The fourth-order valence-electron chi connectivity index (χ4n) is 7.06. The van der Waals surface area contributed by atoms with Gasteiger partial charge in [0.1, 0.15) is 10.6 Å². The Morgan fingerprint density at radius 2 is 2.10 bits per heavy atom. The van der Waals surface area contributed by atoms with E-state index in [0.29, 0.717) is 22.8 Å². The number of nitrogens with one attached hydrogen (secondary N) is 2. The van der Waals surface area contributed by atoms with Crippen molar-refractivity contribution < 1.29 is 9.53 Å². The molecule has 6 heteroatoms. The highest BCUT2D eigenvalue weighted by atomic mass is 32.1. The van der Waals surface area contributed by atoms with Gasteiger partial charge in [0.15, 0.2) is 0 Å². The Morgan fingerprint density at radius 3 is 2.97 bits per heavy atom. The van der Waals surface area contributed by atoms with E-state index in [0.717, 1.165) is 48.1 Å². The molecule has 0 aromatic carbocycles. The molecule has 0 spiro atoms. The van der Waals surface area contributed by atoms with Crippen molar-refractivity contribution in [2.75, 3.05) is 6.54 Å². The number of thiazole rings is 1. The maximum Gasteiger partial charge on any atom is 0.355 e. The summed E-state index contributed by atoms with van der Waals surface area (Å²) in [6.45, 7) is 2.99. The molecular weight excluding hydrogens is 382 g/mol. The van der Waals surface area contributed by atoms with Crippen LogP contribution in [-0.4, -0.2) is 23.5 Å². The molecule has 1 aromatic heterocycles. The standard InChI is InChI=1S/C23H29N3O2S/c1-12-22(29-11-24-12)23(27)28-21-7-6-16-15-3-2-13-9-20-14(10-25-26-20)8-19(13)17(15)4-5-18(16)21/h4-5,7,11,13-20,25-26H,2-3,6,8-10H2,1H3. The molecule has 1 aliphatic heterocycles. The Bertz CT molecular complexity index is 877. The molecule has 0 radical (unpaired) electrons. The minimum atomic E-state index is -0.240. The van der Waals surface area contributed by atoms with Gasteiger partial charge in [0.05, 0.1) is 11.2 Å². The lowest BCUT2D eigenvalue weighted by molar-refractivity contribution is 0.0149. The van der Waals surface area contributed by atoms with E-state index in [1.54, 1.807) is 5.51 Å².